The van der Waals surface area contributed by atoms with E-state index < -0.39 is 15.6 Å². The number of benzene rings is 2. The van der Waals surface area contributed by atoms with Gasteiger partial charge in [-0.1, -0.05) is 35.9 Å². The number of rotatable bonds is 5. The Balaban J connectivity index is 1.45. The Morgan fingerprint density at radius 3 is 2.68 bits per heavy atom. The fourth-order valence-corrected chi connectivity index (χ4v) is 4.94. The maximum Gasteiger partial charge on any atom is 0.349 e. The van der Waals surface area contributed by atoms with Gasteiger partial charge >= 0.3 is 5.63 Å². The van der Waals surface area contributed by atoms with Crippen molar-refractivity contribution in [3.8, 4) is 0 Å². The normalized spacial score (nSPS) is 17.1. The summed E-state index contributed by atoms with van der Waals surface area (Å²) in [5.74, 6) is -0.420. The second-order valence-electron chi connectivity index (χ2n) is 7.91. The van der Waals surface area contributed by atoms with Crippen LogP contribution in [0.3, 0.4) is 0 Å². The molecule has 1 fully saturated rings. The van der Waals surface area contributed by atoms with E-state index in [1.54, 1.807) is 53.4 Å². The van der Waals surface area contributed by atoms with Gasteiger partial charge in [0, 0.05) is 25.0 Å². The summed E-state index contributed by atoms with van der Waals surface area (Å²) in [6.45, 7) is 3.02. The lowest BCUT2D eigenvalue weighted by Crippen LogP contribution is -2.44. The molecular formula is C23H24N2O5S. The Kier molecular flexibility index (Phi) is 5.93. The first-order valence-corrected chi connectivity index (χ1v) is 11.7. The molecule has 1 atom stereocenters. The zero-order valence-electron chi connectivity index (χ0n) is 17.2. The number of carbonyl (C=O) groups is 1. The van der Waals surface area contributed by atoms with E-state index in [9.17, 15) is 18.0 Å². The average molecular weight is 441 g/mol. The number of nitrogens with one attached hydrogen (secondary N) is 1. The lowest BCUT2D eigenvalue weighted by atomic mass is 9.97. The van der Waals surface area contributed by atoms with Crippen molar-refractivity contribution in [1.82, 2.24) is 9.62 Å². The molecule has 0 radical (unpaired) electrons. The zero-order valence-corrected chi connectivity index (χ0v) is 18.0. The molecule has 1 aromatic heterocycles. The fraction of sp³-hybridized carbons (Fsp3) is 0.304. The first-order chi connectivity index (χ1) is 14.8. The van der Waals surface area contributed by atoms with Crippen LogP contribution in [0, 0.1) is 12.8 Å². The Bertz CT molecular complexity index is 1270. The maximum atomic E-state index is 13.0. The fourth-order valence-electron chi connectivity index (χ4n) is 3.83. The molecule has 1 aliphatic heterocycles. The van der Waals surface area contributed by atoms with Crippen molar-refractivity contribution >= 4 is 26.9 Å². The second kappa shape index (κ2) is 8.64. The Morgan fingerprint density at radius 2 is 1.90 bits per heavy atom. The highest BCUT2D eigenvalue weighted by molar-refractivity contribution is 7.89. The third kappa shape index (κ3) is 4.70. The lowest BCUT2D eigenvalue weighted by molar-refractivity contribution is 0.0672. The number of hydrogen-bond acceptors (Lipinski definition) is 5. The number of hydrogen-bond donors (Lipinski definition) is 1. The molecule has 3 aromatic rings. The number of likely N-dealkylation sites (tertiary alicyclic amines) is 1. The number of piperidine rings is 1. The largest absolute Gasteiger partial charge is 0.422 e. The van der Waals surface area contributed by atoms with Crippen LogP contribution in [0.2, 0.25) is 0 Å². The van der Waals surface area contributed by atoms with Gasteiger partial charge in [0.15, 0.2) is 0 Å². The van der Waals surface area contributed by atoms with E-state index in [1.165, 1.54) is 0 Å². The molecule has 1 N–H and O–H groups in total. The molecule has 7 nitrogen and oxygen atoms in total. The number of sulfonamides is 1. The molecule has 0 spiro atoms. The van der Waals surface area contributed by atoms with Crippen LogP contribution in [0.25, 0.3) is 11.0 Å². The number of carbonyl (C=O) groups excluding carboxylic acids is 1. The van der Waals surface area contributed by atoms with Crippen molar-refractivity contribution in [3.63, 3.8) is 0 Å². The van der Waals surface area contributed by atoms with Gasteiger partial charge in [-0.05, 0) is 49.9 Å². The average Bonchev–Trinajstić information content (AvgIpc) is 2.77. The highest BCUT2D eigenvalue weighted by Crippen LogP contribution is 2.20. The number of amides is 1. The molecule has 1 saturated heterocycles. The molecule has 0 saturated carbocycles. The quantitative estimate of drug-likeness (QED) is 0.616. The van der Waals surface area contributed by atoms with Gasteiger partial charge in [0.05, 0.1) is 4.90 Å². The van der Waals surface area contributed by atoms with Crippen LogP contribution in [0.15, 0.2) is 68.7 Å². The van der Waals surface area contributed by atoms with E-state index in [4.69, 9.17) is 4.42 Å². The molecule has 4 rings (SSSR count). The predicted octanol–water partition coefficient (Wildman–Crippen LogP) is 2.93. The van der Waals surface area contributed by atoms with Crippen molar-refractivity contribution in [2.24, 2.45) is 5.92 Å². The molecule has 1 aliphatic rings. The SMILES string of the molecule is Cc1ccc(S(=O)(=O)NCC2CCCN(C(=O)c3cc4ccccc4oc3=O)C2)cc1. The molecule has 1 unspecified atom stereocenters. The molecule has 2 aromatic carbocycles. The molecule has 8 heteroatoms. The van der Waals surface area contributed by atoms with Crippen molar-refractivity contribution in [1.29, 1.82) is 0 Å². The summed E-state index contributed by atoms with van der Waals surface area (Å²) in [4.78, 5) is 27.1. The monoisotopic (exact) mass is 440 g/mol. The highest BCUT2D eigenvalue weighted by atomic mass is 32.2. The standard InChI is InChI=1S/C23H24N2O5S/c1-16-8-10-19(11-9-16)31(28,29)24-14-17-5-4-12-25(15-17)22(26)20-13-18-6-2-3-7-21(18)30-23(20)27/h2-3,6-11,13,17,24H,4-5,12,14-15H2,1H3. The number of nitrogens with zero attached hydrogens (tertiary/aromatic N) is 1. The summed E-state index contributed by atoms with van der Waals surface area (Å²) in [7, 11) is -3.62. The maximum absolute atomic E-state index is 13.0. The van der Waals surface area contributed by atoms with Gasteiger partial charge in [-0.25, -0.2) is 17.9 Å². The summed E-state index contributed by atoms with van der Waals surface area (Å²) in [5, 5.41) is 0.685. The molecule has 0 bridgehead atoms. The lowest BCUT2D eigenvalue weighted by Gasteiger charge is -2.32. The summed E-state index contributed by atoms with van der Waals surface area (Å²) < 4.78 is 33.0. The van der Waals surface area contributed by atoms with Crippen LogP contribution in [0.5, 0.6) is 0 Å². The van der Waals surface area contributed by atoms with Crippen LogP contribution in [0.1, 0.15) is 28.8 Å². The minimum atomic E-state index is -3.62. The minimum absolute atomic E-state index is 0.000383. The van der Waals surface area contributed by atoms with Gasteiger partial charge in [-0.3, -0.25) is 4.79 Å². The van der Waals surface area contributed by atoms with E-state index in [0.717, 1.165) is 18.4 Å². The third-order valence-electron chi connectivity index (χ3n) is 5.57. The van der Waals surface area contributed by atoms with Crippen molar-refractivity contribution < 1.29 is 17.6 Å². The second-order valence-corrected chi connectivity index (χ2v) is 9.68. The minimum Gasteiger partial charge on any atom is -0.422 e. The number of aryl methyl sites for hydroxylation is 1. The summed E-state index contributed by atoms with van der Waals surface area (Å²) >= 11 is 0. The van der Waals surface area contributed by atoms with Gasteiger partial charge in [0.2, 0.25) is 10.0 Å². The Labute approximate surface area is 180 Å². The van der Waals surface area contributed by atoms with Gasteiger partial charge in [-0.2, -0.15) is 0 Å². The smallest absolute Gasteiger partial charge is 0.349 e. The van der Waals surface area contributed by atoms with Crippen LogP contribution in [-0.4, -0.2) is 38.9 Å². The first kappa shape index (κ1) is 21.3. The molecule has 162 valence electrons. The van der Waals surface area contributed by atoms with Crippen molar-refractivity contribution in [2.75, 3.05) is 19.6 Å². The predicted molar refractivity (Wildman–Crippen MR) is 117 cm³/mol. The van der Waals surface area contributed by atoms with E-state index in [1.807, 2.05) is 13.0 Å². The van der Waals surface area contributed by atoms with Crippen molar-refractivity contribution in [2.45, 2.75) is 24.7 Å². The Morgan fingerprint density at radius 1 is 1.16 bits per heavy atom. The zero-order chi connectivity index (χ0) is 22.0. The van der Waals surface area contributed by atoms with Gasteiger partial charge < -0.3 is 9.32 Å². The van der Waals surface area contributed by atoms with E-state index in [-0.39, 0.29) is 28.8 Å². The van der Waals surface area contributed by atoms with E-state index >= 15 is 0 Å². The summed E-state index contributed by atoms with van der Waals surface area (Å²) in [6, 6.07) is 15.3. The molecule has 2 heterocycles. The van der Waals surface area contributed by atoms with Crippen LogP contribution >= 0.6 is 0 Å². The highest BCUT2D eigenvalue weighted by Gasteiger charge is 2.28. The summed E-state index contributed by atoms with van der Waals surface area (Å²) in [5.41, 5.74) is 0.759. The number of para-hydroxylation sites is 1. The van der Waals surface area contributed by atoms with Crippen LogP contribution in [-0.2, 0) is 10.0 Å². The number of fused-ring (bicyclic) bond motifs is 1. The topological polar surface area (TPSA) is 96.7 Å². The van der Waals surface area contributed by atoms with E-state index in [2.05, 4.69) is 4.72 Å². The first-order valence-electron chi connectivity index (χ1n) is 10.2. The molecule has 0 aliphatic carbocycles. The molecule has 1 amide bonds. The summed E-state index contributed by atoms with van der Waals surface area (Å²) in [6.07, 6.45) is 1.54. The third-order valence-corrected chi connectivity index (χ3v) is 7.01. The molecule has 31 heavy (non-hydrogen) atoms. The van der Waals surface area contributed by atoms with Crippen molar-refractivity contribution in [3.05, 3.63) is 76.1 Å². The van der Waals surface area contributed by atoms with Gasteiger partial charge in [-0.15, -0.1) is 0 Å². The van der Waals surface area contributed by atoms with Gasteiger partial charge in [0.1, 0.15) is 11.1 Å². The molecular weight excluding hydrogens is 416 g/mol. The van der Waals surface area contributed by atoms with E-state index in [0.29, 0.717) is 24.1 Å². The van der Waals surface area contributed by atoms with Crippen LogP contribution < -0.4 is 10.3 Å². The Hall–Kier alpha value is -2.97. The van der Waals surface area contributed by atoms with Gasteiger partial charge in [0.25, 0.3) is 5.91 Å². The van der Waals surface area contributed by atoms with Crippen LogP contribution in [0.4, 0.5) is 0 Å².